The number of carbonyl (C=O) groups is 1. The zero-order valence-electron chi connectivity index (χ0n) is 10.3. The van der Waals surface area contributed by atoms with Gasteiger partial charge in [-0.3, -0.25) is 4.79 Å². The molecule has 0 saturated heterocycles. The zero-order chi connectivity index (χ0) is 12.5. The molecule has 2 nitrogen and oxygen atoms in total. The Morgan fingerprint density at radius 1 is 1.31 bits per heavy atom. The highest BCUT2D eigenvalue weighted by Gasteiger charge is 2.20. The van der Waals surface area contributed by atoms with E-state index in [0.29, 0.717) is 0 Å². The number of hydrogen-bond acceptors (Lipinski definition) is 2. The third kappa shape index (κ3) is 2.22. The smallest absolute Gasteiger partial charge is 0.180 e. The molecule has 1 rings (SSSR count). The highest BCUT2D eigenvalue weighted by Crippen LogP contribution is 2.28. The summed E-state index contributed by atoms with van der Waals surface area (Å²) in [5.74, 6) is 0.788. The first-order chi connectivity index (χ1) is 7.40. The van der Waals surface area contributed by atoms with E-state index in [1.54, 1.807) is 14.0 Å². The number of rotatable bonds is 3. The number of methoxy groups -OCH3 is 1. The van der Waals surface area contributed by atoms with E-state index in [4.69, 9.17) is 16.3 Å². The van der Waals surface area contributed by atoms with Crippen LogP contribution in [-0.4, -0.2) is 18.3 Å². The SMILES string of the molecule is COc1cc(C)c(C(=O)C(C)Cl)c(C)c1C. The summed E-state index contributed by atoms with van der Waals surface area (Å²) in [5.41, 5.74) is 3.58. The third-order valence-corrected chi connectivity index (χ3v) is 3.07. The average Bonchev–Trinajstić information content (AvgIpc) is 2.23. The molecule has 1 aromatic rings. The van der Waals surface area contributed by atoms with Crippen molar-refractivity contribution in [1.82, 2.24) is 0 Å². The Hall–Kier alpha value is -1.02. The lowest BCUT2D eigenvalue weighted by Crippen LogP contribution is -2.15. The lowest BCUT2D eigenvalue weighted by Gasteiger charge is -2.15. The van der Waals surface area contributed by atoms with Gasteiger partial charge in [0.2, 0.25) is 0 Å². The van der Waals surface area contributed by atoms with Crippen molar-refractivity contribution in [3.05, 3.63) is 28.3 Å². The monoisotopic (exact) mass is 240 g/mol. The van der Waals surface area contributed by atoms with Gasteiger partial charge in [0.05, 0.1) is 12.5 Å². The van der Waals surface area contributed by atoms with Crippen LogP contribution in [-0.2, 0) is 0 Å². The van der Waals surface area contributed by atoms with E-state index in [-0.39, 0.29) is 5.78 Å². The molecule has 0 amide bonds. The predicted octanol–water partition coefficient (Wildman–Crippen LogP) is 3.43. The molecule has 1 unspecified atom stereocenters. The molecule has 0 radical (unpaired) electrons. The van der Waals surface area contributed by atoms with E-state index in [1.165, 1.54) is 0 Å². The van der Waals surface area contributed by atoms with Crippen molar-refractivity contribution in [3.63, 3.8) is 0 Å². The Bertz CT molecular complexity index is 422. The van der Waals surface area contributed by atoms with Crippen LogP contribution in [0.4, 0.5) is 0 Å². The topological polar surface area (TPSA) is 26.3 Å². The third-order valence-electron chi connectivity index (χ3n) is 2.88. The second kappa shape index (κ2) is 4.88. The fraction of sp³-hybridized carbons (Fsp3) is 0.462. The first-order valence-electron chi connectivity index (χ1n) is 5.23. The maximum atomic E-state index is 12.0. The van der Waals surface area contributed by atoms with Gasteiger partial charge in [-0.05, 0) is 50.5 Å². The van der Waals surface area contributed by atoms with Crippen LogP contribution in [0, 0.1) is 20.8 Å². The van der Waals surface area contributed by atoms with E-state index in [2.05, 4.69) is 0 Å². The zero-order valence-corrected chi connectivity index (χ0v) is 11.1. The number of hydrogen-bond donors (Lipinski definition) is 0. The molecule has 3 heteroatoms. The highest BCUT2D eigenvalue weighted by molar-refractivity contribution is 6.34. The van der Waals surface area contributed by atoms with E-state index >= 15 is 0 Å². The van der Waals surface area contributed by atoms with Gasteiger partial charge in [-0.15, -0.1) is 11.6 Å². The fourth-order valence-corrected chi connectivity index (χ4v) is 1.94. The summed E-state index contributed by atoms with van der Waals surface area (Å²) in [6, 6.07) is 1.88. The molecule has 1 aromatic carbocycles. The van der Waals surface area contributed by atoms with Gasteiger partial charge < -0.3 is 4.74 Å². The Balaban J connectivity index is 3.42. The minimum Gasteiger partial charge on any atom is -0.496 e. The van der Waals surface area contributed by atoms with Gasteiger partial charge in [0.1, 0.15) is 5.75 Å². The van der Waals surface area contributed by atoms with E-state index < -0.39 is 5.38 Å². The van der Waals surface area contributed by atoms with Crippen LogP contribution in [0.1, 0.15) is 34.0 Å². The lowest BCUT2D eigenvalue weighted by atomic mass is 9.93. The first kappa shape index (κ1) is 13.0. The van der Waals surface area contributed by atoms with Crippen molar-refractivity contribution in [2.24, 2.45) is 0 Å². The molecular formula is C13H17ClO2. The highest BCUT2D eigenvalue weighted by atomic mass is 35.5. The summed E-state index contributed by atoms with van der Waals surface area (Å²) in [6.45, 7) is 7.48. The molecule has 0 bridgehead atoms. The number of Topliss-reactive ketones (excluding diaryl/α,β-unsaturated/α-hetero) is 1. The van der Waals surface area contributed by atoms with Crippen LogP contribution in [0.5, 0.6) is 5.75 Å². The molecule has 0 N–H and O–H groups in total. The molecule has 0 aromatic heterocycles. The molecule has 1 atom stereocenters. The second-order valence-corrected chi connectivity index (χ2v) is 4.66. The van der Waals surface area contributed by atoms with Gasteiger partial charge >= 0.3 is 0 Å². The number of alkyl halides is 1. The van der Waals surface area contributed by atoms with Crippen LogP contribution in [0.15, 0.2) is 6.07 Å². The summed E-state index contributed by atoms with van der Waals surface area (Å²) in [4.78, 5) is 12.0. The summed E-state index contributed by atoms with van der Waals surface area (Å²) >= 11 is 5.85. The molecule has 16 heavy (non-hydrogen) atoms. The Morgan fingerprint density at radius 2 is 1.88 bits per heavy atom. The Kier molecular flexibility index (Phi) is 3.98. The lowest BCUT2D eigenvalue weighted by molar-refractivity contribution is 0.0990. The van der Waals surface area contributed by atoms with Crippen molar-refractivity contribution in [2.45, 2.75) is 33.1 Å². The van der Waals surface area contributed by atoms with E-state index in [9.17, 15) is 4.79 Å². The van der Waals surface area contributed by atoms with Crippen LogP contribution < -0.4 is 4.74 Å². The van der Waals surface area contributed by atoms with Gasteiger partial charge in [0.15, 0.2) is 5.78 Å². The molecule has 0 aliphatic rings. The van der Waals surface area contributed by atoms with E-state index in [1.807, 2.05) is 26.8 Å². The standard InChI is InChI=1S/C13H17ClO2/c1-7-6-11(16-5)8(2)9(3)12(7)13(15)10(4)14/h6,10H,1-5H3. The quantitative estimate of drug-likeness (QED) is 0.598. The normalized spacial score (nSPS) is 12.4. The Labute approximate surface area is 102 Å². The van der Waals surface area contributed by atoms with Gasteiger partial charge in [-0.25, -0.2) is 0 Å². The summed E-state index contributed by atoms with van der Waals surface area (Å²) in [6.07, 6.45) is 0. The minimum absolute atomic E-state index is 0.0255. The minimum atomic E-state index is -0.495. The van der Waals surface area contributed by atoms with Gasteiger partial charge in [0, 0.05) is 5.56 Å². The summed E-state index contributed by atoms with van der Waals surface area (Å²) < 4.78 is 5.26. The van der Waals surface area contributed by atoms with Gasteiger partial charge in [-0.1, -0.05) is 0 Å². The second-order valence-electron chi connectivity index (χ2n) is 4.00. The van der Waals surface area contributed by atoms with Crippen LogP contribution in [0.3, 0.4) is 0 Å². The molecule has 0 fully saturated rings. The van der Waals surface area contributed by atoms with Crippen molar-refractivity contribution >= 4 is 17.4 Å². The number of benzene rings is 1. The van der Waals surface area contributed by atoms with Crippen molar-refractivity contribution in [1.29, 1.82) is 0 Å². The molecule has 88 valence electrons. The molecule has 0 saturated carbocycles. The molecule has 0 spiro atoms. The van der Waals surface area contributed by atoms with Gasteiger partial charge in [-0.2, -0.15) is 0 Å². The largest absolute Gasteiger partial charge is 0.496 e. The number of aryl methyl sites for hydroxylation is 1. The number of halogens is 1. The molecular weight excluding hydrogens is 224 g/mol. The first-order valence-corrected chi connectivity index (χ1v) is 5.66. The Morgan fingerprint density at radius 3 is 2.31 bits per heavy atom. The van der Waals surface area contributed by atoms with Crippen molar-refractivity contribution < 1.29 is 9.53 Å². The van der Waals surface area contributed by atoms with Crippen LogP contribution in [0.25, 0.3) is 0 Å². The maximum Gasteiger partial charge on any atom is 0.180 e. The fourth-order valence-electron chi connectivity index (χ4n) is 1.84. The van der Waals surface area contributed by atoms with Crippen molar-refractivity contribution in [2.75, 3.05) is 7.11 Å². The molecule has 0 heterocycles. The number of ketones is 1. The maximum absolute atomic E-state index is 12.0. The molecule has 0 aliphatic heterocycles. The number of ether oxygens (including phenoxy) is 1. The van der Waals surface area contributed by atoms with E-state index in [0.717, 1.165) is 28.0 Å². The summed E-state index contributed by atoms with van der Waals surface area (Å²) in [5, 5.41) is -0.495. The molecule has 0 aliphatic carbocycles. The van der Waals surface area contributed by atoms with Gasteiger partial charge in [0.25, 0.3) is 0 Å². The number of carbonyl (C=O) groups excluding carboxylic acids is 1. The van der Waals surface area contributed by atoms with Crippen LogP contribution in [0.2, 0.25) is 0 Å². The van der Waals surface area contributed by atoms with Crippen molar-refractivity contribution in [3.8, 4) is 5.75 Å². The van der Waals surface area contributed by atoms with Crippen LogP contribution >= 0.6 is 11.6 Å². The predicted molar refractivity (Wildman–Crippen MR) is 66.9 cm³/mol. The average molecular weight is 241 g/mol. The summed E-state index contributed by atoms with van der Waals surface area (Å²) in [7, 11) is 1.63.